The number of aliphatic hydroxyl groups is 1. The van der Waals surface area contributed by atoms with E-state index in [9.17, 15) is 5.11 Å². The number of nitrogens with one attached hydrogen (secondary N) is 1. The molecule has 1 rings (SSSR count). The molecule has 2 N–H and O–H groups in total. The first-order chi connectivity index (χ1) is 6.76. The Morgan fingerprint density at radius 2 is 2.36 bits per heavy atom. The molecule has 14 heavy (non-hydrogen) atoms. The molecule has 0 spiro atoms. The Kier molecular flexibility index (Phi) is 5.28. The molecule has 1 fully saturated rings. The van der Waals surface area contributed by atoms with E-state index >= 15 is 0 Å². The number of rotatable bonds is 5. The molecular weight excluding hydrogens is 194 g/mol. The van der Waals surface area contributed by atoms with Crippen molar-refractivity contribution in [2.45, 2.75) is 49.8 Å². The number of hydrogen-bond donors (Lipinski definition) is 2. The molecule has 1 aliphatic rings. The fourth-order valence-corrected chi connectivity index (χ4v) is 3.15. The van der Waals surface area contributed by atoms with Gasteiger partial charge in [-0.25, -0.2) is 0 Å². The smallest absolute Gasteiger partial charge is 0.0613 e. The minimum absolute atomic E-state index is 0.0297. The lowest BCUT2D eigenvalue weighted by molar-refractivity contribution is 0.124. The van der Waals surface area contributed by atoms with E-state index < -0.39 is 0 Å². The van der Waals surface area contributed by atoms with Gasteiger partial charge in [0.2, 0.25) is 0 Å². The quantitative estimate of drug-likeness (QED) is 0.739. The van der Waals surface area contributed by atoms with Gasteiger partial charge in [0.25, 0.3) is 0 Å². The maximum atomic E-state index is 9.51. The molecule has 0 aliphatic heterocycles. The predicted octanol–water partition coefficient (Wildman–Crippen LogP) is 2.02. The Hall–Kier alpha value is 0.270. The fourth-order valence-electron chi connectivity index (χ4n) is 2.26. The second-order valence-corrected chi connectivity index (χ2v) is 5.46. The van der Waals surface area contributed by atoms with E-state index in [2.05, 4.69) is 18.5 Å². The highest BCUT2D eigenvalue weighted by molar-refractivity contribution is 7.99. The topological polar surface area (TPSA) is 32.3 Å². The van der Waals surface area contributed by atoms with Crippen LogP contribution in [-0.4, -0.2) is 35.3 Å². The van der Waals surface area contributed by atoms with E-state index in [0.29, 0.717) is 6.61 Å². The predicted molar refractivity (Wildman–Crippen MR) is 63.9 cm³/mol. The summed E-state index contributed by atoms with van der Waals surface area (Å²) < 4.78 is 0. The summed E-state index contributed by atoms with van der Waals surface area (Å²) in [7, 11) is 0. The Bertz CT molecular complexity index is 165. The van der Waals surface area contributed by atoms with Crippen molar-refractivity contribution >= 4 is 11.8 Å². The monoisotopic (exact) mass is 217 g/mol. The molecule has 0 aromatic heterocycles. The molecule has 2 unspecified atom stereocenters. The lowest BCUT2D eigenvalue weighted by Gasteiger charge is -2.40. The molecule has 0 radical (unpaired) electrons. The zero-order valence-electron chi connectivity index (χ0n) is 9.38. The molecule has 84 valence electrons. The summed E-state index contributed by atoms with van der Waals surface area (Å²) >= 11 is 1.95. The summed E-state index contributed by atoms with van der Waals surface area (Å²) in [5.41, 5.74) is 0.0297. The maximum Gasteiger partial charge on any atom is 0.0613 e. The van der Waals surface area contributed by atoms with Crippen molar-refractivity contribution < 1.29 is 5.11 Å². The van der Waals surface area contributed by atoms with Gasteiger partial charge in [-0.2, -0.15) is 11.8 Å². The van der Waals surface area contributed by atoms with Crippen LogP contribution in [-0.2, 0) is 0 Å². The molecule has 2 nitrogen and oxygen atoms in total. The Morgan fingerprint density at radius 3 is 2.93 bits per heavy atom. The number of aliphatic hydroxyl groups excluding tert-OH is 1. The van der Waals surface area contributed by atoms with Crippen LogP contribution >= 0.6 is 11.8 Å². The third-order valence-corrected chi connectivity index (χ3v) is 4.25. The minimum Gasteiger partial charge on any atom is -0.394 e. The normalized spacial score (nSPS) is 33.2. The van der Waals surface area contributed by atoms with Crippen molar-refractivity contribution in [3.63, 3.8) is 0 Å². The van der Waals surface area contributed by atoms with Crippen molar-refractivity contribution in [3.05, 3.63) is 0 Å². The van der Waals surface area contributed by atoms with Crippen LogP contribution < -0.4 is 5.32 Å². The van der Waals surface area contributed by atoms with Crippen molar-refractivity contribution in [2.24, 2.45) is 0 Å². The average Bonchev–Trinajstić information content (AvgIpc) is 2.26. The van der Waals surface area contributed by atoms with Gasteiger partial charge in [-0.3, -0.25) is 0 Å². The fraction of sp³-hybridized carbons (Fsp3) is 1.00. The van der Waals surface area contributed by atoms with Crippen LogP contribution in [0.2, 0.25) is 0 Å². The molecule has 1 saturated carbocycles. The summed E-state index contributed by atoms with van der Waals surface area (Å²) in [5.74, 6) is 0. The summed E-state index contributed by atoms with van der Waals surface area (Å²) in [4.78, 5) is 0. The molecule has 0 bridgehead atoms. The maximum absolute atomic E-state index is 9.51. The summed E-state index contributed by atoms with van der Waals surface area (Å²) in [6.07, 6.45) is 8.16. The lowest BCUT2D eigenvalue weighted by atomic mass is 9.82. The van der Waals surface area contributed by atoms with Gasteiger partial charge >= 0.3 is 0 Å². The highest BCUT2D eigenvalue weighted by Crippen LogP contribution is 2.33. The largest absolute Gasteiger partial charge is 0.394 e. The van der Waals surface area contributed by atoms with E-state index in [1.165, 1.54) is 12.8 Å². The standard InChI is InChI=1S/C11H23NOS/c1-3-7-12-11(9-13)6-4-5-10(8-11)14-2/h10,12-13H,3-9H2,1-2H3. The number of hydrogen-bond acceptors (Lipinski definition) is 3. The van der Waals surface area contributed by atoms with Gasteiger partial charge in [0.1, 0.15) is 0 Å². The van der Waals surface area contributed by atoms with E-state index in [0.717, 1.165) is 31.1 Å². The third kappa shape index (κ3) is 3.14. The first-order valence-corrected chi connectivity index (χ1v) is 6.94. The van der Waals surface area contributed by atoms with Crippen LogP contribution in [0.4, 0.5) is 0 Å². The molecule has 1 aliphatic carbocycles. The Balaban J connectivity index is 2.49. The second-order valence-electron chi connectivity index (χ2n) is 4.32. The molecule has 0 aromatic carbocycles. The van der Waals surface area contributed by atoms with Crippen LogP contribution in [0.5, 0.6) is 0 Å². The van der Waals surface area contributed by atoms with Crippen LogP contribution in [0.25, 0.3) is 0 Å². The van der Waals surface area contributed by atoms with Gasteiger partial charge in [-0.1, -0.05) is 13.3 Å². The van der Waals surface area contributed by atoms with Gasteiger partial charge in [-0.05, 0) is 38.5 Å². The Morgan fingerprint density at radius 1 is 1.57 bits per heavy atom. The first-order valence-electron chi connectivity index (χ1n) is 5.65. The highest BCUT2D eigenvalue weighted by Gasteiger charge is 2.34. The second kappa shape index (κ2) is 5.99. The lowest BCUT2D eigenvalue weighted by Crippen LogP contribution is -2.52. The molecule has 2 atom stereocenters. The third-order valence-electron chi connectivity index (χ3n) is 3.19. The Labute approximate surface area is 91.9 Å². The molecule has 0 aromatic rings. The zero-order valence-corrected chi connectivity index (χ0v) is 10.2. The van der Waals surface area contributed by atoms with Gasteiger partial charge < -0.3 is 10.4 Å². The summed E-state index contributed by atoms with van der Waals surface area (Å²) in [5, 5.41) is 13.8. The summed E-state index contributed by atoms with van der Waals surface area (Å²) in [6.45, 7) is 3.50. The van der Waals surface area contributed by atoms with Crippen molar-refractivity contribution in [1.82, 2.24) is 5.32 Å². The van der Waals surface area contributed by atoms with Crippen LogP contribution in [0.1, 0.15) is 39.0 Å². The minimum atomic E-state index is 0.0297. The summed E-state index contributed by atoms with van der Waals surface area (Å²) in [6, 6.07) is 0. The average molecular weight is 217 g/mol. The molecule has 3 heteroatoms. The van der Waals surface area contributed by atoms with Crippen LogP contribution in [0.15, 0.2) is 0 Å². The van der Waals surface area contributed by atoms with E-state index in [4.69, 9.17) is 0 Å². The van der Waals surface area contributed by atoms with Gasteiger partial charge in [0.15, 0.2) is 0 Å². The van der Waals surface area contributed by atoms with E-state index in [1.54, 1.807) is 0 Å². The SMILES string of the molecule is CCCNC1(CO)CCCC(SC)C1. The molecular formula is C11H23NOS. The zero-order chi connectivity index (χ0) is 10.4. The van der Waals surface area contributed by atoms with Crippen LogP contribution in [0.3, 0.4) is 0 Å². The molecule has 0 heterocycles. The van der Waals surface area contributed by atoms with Crippen molar-refractivity contribution in [1.29, 1.82) is 0 Å². The van der Waals surface area contributed by atoms with Gasteiger partial charge in [0, 0.05) is 10.8 Å². The van der Waals surface area contributed by atoms with E-state index in [-0.39, 0.29) is 5.54 Å². The van der Waals surface area contributed by atoms with Crippen molar-refractivity contribution in [2.75, 3.05) is 19.4 Å². The number of thioether (sulfide) groups is 1. The highest BCUT2D eigenvalue weighted by atomic mass is 32.2. The molecule has 0 saturated heterocycles. The molecule has 0 amide bonds. The first kappa shape index (κ1) is 12.3. The van der Waals surface area contributed by atoms with Gasteiger partial charge in [0.05, 0.1) is 6.61 Å². The van der Waals surface area contributed by atoms with Gasteiger partial charge in [-0.15, -0.1) is 0 Å². The van der Waals surface area contributed by atoms with E-state index in [1.807, 2.05) is 11.8 Å². The van der Waals surface area contributed by atoms with Crippen molar-refractivity contribution in [3.8, 4) is 0 Å². The van der Waals surface area contributed by atoms with Crippen LogP contribution in [0, 0.1) is 0 Å².